The molecule has 2 rings (SSSR count). The summed E-state index contributed by atoms with van der Waals surface area (Å²) in [7, 11) is 2.37. The van der Waals surface area contributed by atoms with Crippen molar-refractivity contribution in [2.75, 3.05) is 13.6 Å². The van der Waals surface area contributed by atoms with Crippen LogP contribution in [0.1, 0.15) is 71.1 Å². The molecular formula is C16H32N2. The number of nitrogens with two attached hydrogens (primary N) is 1. The van der Waals surface area contributed by atoms with E-state index in [1.807, 2.05) is 0 Å². The van der Waals surface area contributed by atoms with Gasteiger partial charge in [-0.25, -0.2) is 0 Å². The van der Waals surface area contributed by atoms with E-state index in [-0.39, 0.29) is 0 Å². The van der Waals surface area contributed by atoms with Gasteiger partial charge in [-0.3, -0.25) is 4.90 Å². The highest BCUT2D eigenvalue weighted by Gasteiger charge is 2.42. The van der Waals surface area contributed by atoms with E-state index in [0.29, 0.717) is 5.54 Å². The molecule has 2 N–H and O–H groups in total. The Kier molecular flexibility index (Phi) is 5.08. The zero-order chi connectivity index (χ0) is 13.0. The van der Waals surface area contributed by atoms with Crippen LogP contribution >= 0.6 is 0 Å². The van der Waals surface area contributed by atoms with Crippen molar-refractivity contribution in [2.45, 2.75) is 82.7 Å². The Morgan fingerprint density at radius 2 is 1.61 bits per heavy atom. The number of hydrogen-bond donors (Lipinski definition) is 1. The van der Waals surface area contributed by atoms with Gasteiger partial charge in [-0.1, -0.05) is 45.4 Å². The fraction of sp³-hybridized carbons (Fsp3) is 1.00. The van der Waals surface area contributed by atoms with Crippen LogP contribution in [0.5, 0.6) is 0 Å². The molecule has 0 spiro atoms. The molecule has 106 valence electrons. The molecule has 2 nitrogen and oxygen atoms in total. The second kappa shape index (κ2) is 6.38. The SMILES string of the molecule is CC1CCCCC1(CN)N(C)C1CCCCCC1. The van der Waals surface area contributed by atoms with Crippen molar-refractivity contribution in [1.82, 2.24) is 4.90 Å². The molecule has 2 aliphatic rings. The van der Waals surface area contributed by atoms with Crippen LogP contribution in [-0.4, -0.2) is 30.1 Å². The zero-order valence-corrected chi connectivity index (χ0v) is 12.5. The van der Waals surface area contributed by atoms with E-state index in [2.05, 4.69) is 18.9 Å². The number of likely N-dealkylation sites (N-methyl/N-ethyl adjacent to an activating group) is 1. The van der Waals surface area contributed by atoms with Crippen LogP contribution < -0.4 is 5.73 Å². The predicted molar refractivity (Wildman–Crippen MR) is 78.7 cm³/mol. The fourth-order valence-electron chi connectivity index (χ4n) is 4.38. The highest BCUT2D eigenvalue weighted by Crippen LogP contribution is 2.39. The van der Waals surface area contributed by atoms with Crippen LogP contribution in [0.3, 0.4) is 0 Å². The molecular weight excluding hydrogens is 220 g/mol. The van der Waals surface area contributed by atoms with Gasteiger partial charge in [-0.15, -0.1) is 0 Å². The van der Waals surface area contributed by atoms with Crippen molar-refractivity contribution in [3.8, 4) is 0 Å². The van der Waals surface area contributed by atoms with E-state index in [1.165, 1.54) is 64.2 Å². The number of hydrogen-bond acceptors (Lipinski definition) is 2. The summed E-state index contributed by atoms with van der Waals surface area (Å²) in [5.41, 5.74) is 6.53. The first-order valence-corrected chi connectivity index (χ1v) is 8.14. The van der Waals surface area contributed by atoms with Gasteiger partial charge in [0.15, 0.2) is 0 Å². The predicted octanol–water partition coefficient (Wildman–Crippen LogP) is 3.55. The van der Waals surface area contributed by atoms with Gasteiger partial charge in [-0.2, -0.15) is 0 Å². The minimum absolute atomic E-state index is 0.299. The van der Waals surface area contributed by atoms with Gasteiger partial charge in [0.1, 0.15) is 0 Å². The molecule has 0 aliphatic heterocycles. The van der Waals surface area contributed by atoms with Gasteiger partial charge in [0.05, 0.1) is 0 Å². The van der Waals surface area contributed by atoms with Crippen molar-refractivity contribution in [3.05, 3.63) is 0 Å². The highest BCUT2D eigenvalue weighted by atomic mass is 15.2. The van der Waals surface area contributed by atoms with Crippen LogP contribution in [0.25, 0.3) is 0 Å². The van der Waals surface area contributed by atoms with Crippen LogP contribution in [0.2, 0.25) is 0 Å². The Labute approximate surface area is 113 Å². The summed E-state index contributed by atoms with van der Waals surface area (Å²) in [6.07, 6.45) is 14.0. The molecule has 0 saturated heterocycles. The lowest BCUT2D eigenvalue weighted by molar-refractivity contribution is -0.00219. The van der Waals surface area contributed by atoms with Crippen molar-refractivity contribution in [3.63, 3.8) is 0 Å². The minimum Gasteiger partial charge on any atom is -0.329 e. The molecule has 2 heteroatoms. The molecule has 2 fully saturated rings. The number of nitrogens with zero attached hydrogens (tertiary/aromatic N) is 1. The van der Waals surface area contributed by atoms with Gasteiger partial charge in [-0.05, 0) is 38.6 Å². The van der Waals surface area contributed by atoms with E-state index in [4.69, 9.17) is 5.73 Å². The summed E-state index contributed by atoms with van der Waals surface area (Å²) in [6.45, 7) is 3.28. The first-order chi connectivity index (χ1) is 8.70. The lowest BCUT2D eigenvalue weighted by atomic mass is 9.71. The molecule has 2 saturated carbocycles. The summed E-state index contributed by atoms with van der Waals surface area (Å²) in [6, 6.07) is 0.789. The maximum absolute atomic E-state index is 6.23. The maximum atomic E-state index is 6.23. The highest BCUT2D eigenvalue weighted by molar-refractivity contribution is 4.99. The molecule has 0 radical (unpaired) electrons. The third kappa shape index (κ3) is 2.75. The largest absolute Gasteiger partial charge is 0.329 e. The molecule has 2 unspecified atom stereocenters. The van der Waals surface area contributed by atoms with E-state index in [0.717, 1.165) is 18.5 Å². The summed E-state index contributed by atoms with van der Waals surface area (Å²) in [4.78, 5) is 2.71. The average molecular weight is 252 g/mol. The first-order valence-electron chi connectivity index (χ1n) is 8.14. The number of rotatable bonds is 3. The van der Waals surface area contributed by atoms with Crippen LogP contribution in [-0.2, 0) is 0 Å². The van der Waals surface area contributed by atoms with E-state index >= 15 is 0 Å². The summed E-state index contributed by atoms with van der Waals surface area (Å²) in [5.74, 6) is 0.768. The van der Waals surface area contributed by atoms with E-state index in [9.17, 15) is 0 Å². The maximum Gasteiger partial charge on any atom is 0.0357 e. The monoisotopic (exact) mass is 252 g/mol. The molecule has 2 aliphatic carbocycles. The van der Waals surface area contributed by atoms with E-state index in [1.54, 1.807) is 0 Å². The normalized spacial score (nSPS) is 35.7. The Balaban J connectivity index is 2.09. The van der Waals surface area contributed by atoms with E-state index < -0.39 is 0 Å². The Hall–Kier alpha value is -0.0800. The molecule has 18 heavy (non-hydrogen) atoms. The standard InChI is InChI=1S/C16H32N2/c1-14-9-7-8-12-16(14,13-17)18(2)15-10-5-3-4-6-11-15/h14-15H,3-13,17H2,1-2H3. The first kappa shape index (κ1) is 14.3. The van der Waals surface area contributed by atoms with Gasteiger partial charge in [0.25, 0.3) is 0 Å². The molecule has 0 bridgehead atoms. The van der Waals surface area contributed by atoms with Gasteiger partial charge in [0.2, 0.25) is 0 Å². The Morgan fingerprint density at radius 3 is 2.17 bits per heavy atom. The van der Waals surface area contributed by atoms with Crippen molar-refractivity contribution >= 4 is 0 Å². The molecule has 2 atom stereocenters. The third-order valence-electron chi connectivity index (χ3n) is 5.84. The second-order valence-electron chi connectivity index (χ2n) is 6.71. The quantitative estimate of drug-likeness (QED) is 0.778. The smallest absolute Gasteiger partial charge is 0.0357 e. The molecule has 0 amide bonds. The summed E-state index contributed by atoms with van der Waals surface area (Å²) in [5, 5.41) is 0. The second-order valence-corrected chi connectivity index (χ2v) is 6.71. The Bertz CT molecular complexity index is 245. The summed E-state index contributed by atoms with van der Waals surface area (Å²) < 4.78 is 0. The zero-order valence-electron chi connectivity index (χ0n) is 12.5. The summed E-state index contributed by atoms with van der Waals surface area (Å²) >= 11 is 0. The topological polar surface area (TPSA) is 29.3 Å². The van der Waals surface area contributed by atoms with Crippen LogP contribution in [0.15, 0.2) is 0 Å². The fourth-order valence-corrected chi connectivity index (χ4v) is 4.38. The minimum atomic E-state index is 0.299. The lowest BCUT2D eigenvalue weighted by Crippen LogP contribution is -2.60. The Morgan fingerprint density at radius 1 is 1.00 bits per heavy atom. The third-order valence-corrected chi connectivity index (χ3v) is 5.84. The van der Waals surface area contributed by atoms with Crippen LogP contribution in [0, 0.1) is 5.92 Å². The van der Waals surface area contributed by atoms with Crippen LogP contribution in [0.4, 0.5) is 0 Å². The van der Waals surface area contributed by atoms with Crippen molar-refractivity contribution in [1.29, 1.82) is 0 Å². The molecule has 0 heterocycles. The average Bonchev–Trinajstić information content (AvgIpc) is 2.67. The lowest BCUT2D eigenvalue weighted by Gasteiger charge is -2.51. The van der Waals surface area contributed by atoms with Crippen molar-refractivity contribution in [2.24, 2.45) is 11.7 Å². The van der Waals surface area contributed by atoms with Gasteiger partial charge in [0, 0.05) is 18.1 Å². The van der Waals surface area contributed by atoms with Gasteiger partial charge < -0.3 is 5.73 Å². The molecule has 0 aromatic rings. The molecule has 0 aromatic carbocycles. The molecule has 0 aromatic heterocycles. The van der Waals surface area contributed by atoms with Gasteiger partial charge >= 0.3 is 0 Å². The van der Waals surface area contributed by atoms with Crippen molar-refractivity contribution < 1.29 is 0 Å².